The van der Waals surface area contributed by atoms with E-state index in [1.165, 1.54) is 0 Å². The predicted octanol–water partition coefficient (Wildman–Crippen LogP) is 2.37. The number of benzene rings is 1. The minimum atomic E-state index is 0.291. The second kappa shape index (κ2) is 3.62. The maximum atomic E-state index is 5.46. The lowest BCUT2D eigenvalue weighted by molar-refractivity contribution is 0.174. The van der Waals surface area contributed by atoms with Crippen molar-refractivity contribution < 1.29 is 14.2 Å². The first-order chi connectivity index (χ1) is 6.75. The first-order valence-electron chi connectivity index (χ1n) is 4.42. The van der Waals surface area contributed by atoms with Crippen molar-refractivity contribution in [1.29, 1.82) is 0 Å². The molecule has 14 heavy (non-hydrogen) atoms. The lowest BCUT2D eigenvalue weighted by Gasteiger charge is -2.05. The van der Waals surface area contributed by atoms with Gasteiger partial charge in [0.2, 0.25) is 6.79 Å². The molecule has 1 aromatic carbocycles. The van der Waals surface area contributed by atoms with Crippen molar-refractivity contribution >= 4 is 0 Å². The van der Waals surface area contributed by atoms with Crippen LogP contribution in [0.5, 0.6) is 17.2 Å². The molecule has 3 nitrogen and oxygen atoms in total. The largest absolute Gasteiger partial charge is 0.489 e. The lowest BCUT2D eigenvalue weighted by atomic mass is 10.3. The Hall–Kier alpha value is -1.64. The van der Waals surface area contributed by atoms with Crippen molar-refractivity contribution in [2.75, 3.05) is 13.4 Å². The van der Waals surface area contributed by atoms with Crippen LogP contribution in [0.2, 0.25) is 0 Å². The maximum Gasteiger partial charge on any atom is 0.231 e. The molecule has 0 amide bonds. The fourth-order valence-corrected chi connectivity index (χ4v) is 1.17. The molecule has 3 heteroatoms. The number of hydrogen-bond acceptors (Lipinski definition) is 3. The summed E-state index contributed by atoms with van der Waals surface area (Å²) < 4.78 is 15.9. The van der Waals surface area contributed by atoms with Gasteiger partial charge in [0.25, 0.3) is 0 Å². The van der Waals surface area contributed by atoms with E-state index in [-0.39, 0.29) is 0 Å². The predicted molar refractivity (Wildman–Crippen MR) is 52.9 cm³/mol. The Bertz CT molecular complexity index is 358. The second-order valence-corrected chi connectivity index (χ2v) is 3.26. The third-order valence-electron chi connectivity index (χ3n) is 1.83. The summed E-state index contributed by atoms with van der Waals surface area (Å²) in [5.74, 6) is 2.29. The number of hydrogen-bond donors (Lipinski definition) is 0. The first kappa shape index (κ1) is 8.94. The summed E-state index contributed by atoms with van der Waals surface area (Å²) in [6.45, 7) is 6.50. The van der Waals surface area contributed by atoms with Gasteiger partial charge in [0.05, 0.1) is 0 Å². The minimum absolute atomic E-state index is 0.291. The van der Waals surface area contributed by atoms with Gasteiger partial charge in [-0.2, -0.15) is 0 Å². The Kier molecular flexibility index (Phi) is 2.31. The van der Waals surface area contributed by atoms with E-state index in [0.717, 1.165) is 22.8 Å². The van der Waals surface area contributed by atoms with Crippen molar-refractivity contribution in [3.63, 3.8) is 0 Å². The van der Waals surface area contributed by atoms with Crippen LogP contribution in [0.3, 0.4) is 0 Å². The Balaban J connectivity index is 2.09. The van der Waals surface area contributed by atoms with E-state index in [0.29, 0.717) is 13.4 Å². The van der Waals surface area contributed by atoms with Gasteiger partial charge in [0, 0.05) is 6.07 Å². The molecule has 1 aliphatic rings. The fraction of sp³-hybridized carbons (Fsp3) is 0.273. The molecule has 0 saturated heterocycles. The summed E-state index contributed by atoms with van der Waals surface area (Å²) in [7, 11) is 0. The summed E-state index contributed by atoms with van der Waals surface area (Å²) in [5, 5.41) is 0. The smallest absolute Gasteiger partial charge is 0.231 e. The molecule has 0 N–H and O–H groups in total. The highest BCUT2D eigenvalue weighted by Gasteiger charge is 2.13. The van der Waals surface area contributed by atoms with Crippen LogP contribution in [0.15, 0.2) is 30.4 Å². The van der Waals surface area contributed by atoms with Gasteiger partial charge in [-0.3, -0.25) is 0 Å². The molecule has 0 atom stereocenters. The minimum Gasteiger partial charge on any atom is -0.489 e. The van der Waals surface area contributed by atoms with E-state index in [1.54, 1.807) is 0 Å². The lowest BCUT2D eigenvalue weighted by Crippen LogP contribution is -1.97. The van der Waals surface area contributed by atoms with Crippen LogP contribution in [0, 0.1) is 0 Å². The Morgan fingerprint density at radius 3 is 3.00 bits per heavy atom. The molecule has 0 aliphatic carbocycles. The zero-order valence-electron chi connectivity index (χ0n) is 8.08. The molecule has 0 aromatic heterocycles. The molecular weight excluding hydrogens is 180 g/mol. The summed E-state index contributed by atoms with van der Waals surface area (Å²) in [6.07, 6.45) is 0. The van der Waals surface area contributed by atoms with Crippen molar-refractivity contribution in [2.45, 2.75) is 6.92 Å². The van der Waals surface area contributed by atoms with Gasteiger partial charge in [-0.15, -0.1) is 0 Å². The summed E-state index contributed by atoms with van der Waals surface area (Å²) in [5.41, 5.74) is 0.989. The summed E-state index contributed by atoms with van der Waals surface area (Å²) >= 11 is 0. The van der Waals surface area contributed by atoms with Crippen molar-refractivity contribution in [1.82, 2.24) is 0 Å². The standard InChI is InChI=1S/C11H12O3/c1-8(2)6-12-9-3-4-10-11(5-9)14-7-13-10/h3-5H,1,6-7H2,2H3. The maximum absolute atomic E-state index is 5.46. The summed E-state index contributed by atoms with van der Waals surface area (Å²) in [6, 6.07) is 5.53. The fourth-order valence-electron chi connectivity index (χ4n) is 1.17. The van der Waals surface area contributed by atoms with Gasteiger partial charge in [-0.25, -0.2) is 0 Å². The van der Waals surface area contributed by atoms with Crippen LogP contribution in [0.25, 0.3) is 0 Å². The van der Waals surface area contributed by atoms with Crippen molar-refractivity contribution in [3.05, 3.63) is 30.4 Å². The normalized spacial score (nSPS) is 12.6. The zero-order chi connectivity index (χ0) is 9.97. The Morgan fingerprint density at radius 2 is 2.21 bits per heavy atom. The second-order valence-electron chi connectivity index (χ2n) is 3.26. The molecule has 0 fully saturated rings. The quantitative estimate of drug-likeness (QED) is 0.688. The van der Waals surface area contributed by atoms with E-state index < -0.39 is 0 Å². The molecule has 0 unspecified atom stereocenters. The Labute approximate surface area is 82.9 Å². The number of fused-ring (bicyclic) bond motifs is 1. The molecule has 74 valence electrons. The van der Waals surface area contributed by atoms with Crippen LogP contribution in [-0.4, -0.2) is 13.4 Å². The number of rotatable bonds is 3. The molecule has 0 radical (unpaired) electrons. The molecule has 0 bridgehead atoms. The third-order valence-corrected chi connectivity index (χ3v) is 1.83. The highest BCUT2D eigenvalue weighted by atomic mass is 16.7. The van der Waals surface area contributed by atoms with Crippen LogP contribution in [-0.2, 0) is 0 Å². The average Bonchev–Trinajstić information content (AvgIpc) is 2.61. The molecule has 0 saturated carbocycles. The first-order valence-corrected chi connectivity index (χ1v) is 4.42. The zero-order valence-corrected chi connectivity index (χ0v) is 8.08. The van der Waals surface area contributed by atoms with Gasteiger partial charge in [-0.05, 0) is 24.6 Å². The molecule has 1 aliphatic heterocycles. The van der Waals surface area contributed by atoms with Crippen LogP contribution in [0.1, 0.15) is 6.92 Å². The van der Waals surface area contributed by atoms with Gasteiger partial charge >= 0.3 is 0 Å². The van der Waals surface area contributed by atoms with E-state index in [4.69, 9.17) is 14.2 Å². The summed E-state index contributed by atoms with van der Waals surface area (Å²) in [4.78, 5) is 0. The van der Waals surface area contributed by atoms with Gasteiger partial charge in [-0.1, -0.05) is 6.58 Å². The van der Waals surface area contributed by atoms with Crippen LogP contribution in [0.4, 0.5) is 0 Å². The van der Waals surface area contributed by atoms with Crippen LogP contribution >= 0.6 is 0 Å². The van der Waals surface area contributed by atoms with E-state index in [1.807, 2.05) is 25.1 Å². The molecule has 2 rings (SSSR count). The topological polar surface area (TPSA) is 27.7 Å². The van der Waals surface area contributed by atoms with Crippen molar-refractivity contribution in [3.8, 4) is 17.2 Å². The Morgan fingerprint density at radius 1 is 1.43 bits per heavy atom. The van der Waals surface area contributed by atoms with E-state index in [9.17, 15) is 0 Å². The monoisotopic (exact) mass is 192 g/mol. The van der Waals surface area contributed by atoms with Crippen LogP contribution < -0.4 is 14.2 Å². The molecular formula is C11H12O3. The average molecular weight is 192 g/mol. The van der Waals surface area contributed by atoms with Crippen molar-refractivity contribution in [2.24, 2.45) is 0 Å². The molecule has 1 aromatic rings. The third kappa shape index (κ3) is 1.82. The SMILES string of the molecule is C=C(C)COc1ccc2c(c1)OCO2. The number of ether oxygens (including phenoxy) is 3. The van der Waals surface area contributed by atoms with Gasteiger partial charge in [0.15, 0.2) is 11.5 Å². The molecule has 1 heterocycles. The van der Waals surface area contributed by atoms with Gasteiger partial charge < -0.3 is 14.2 Å². The van der Waals surface area contributed by atoms with E-state index >= 15 is 0 Å². The molecule has 0 spiro atoms. The highest BCUT2D eigenvalue weighted by molar-refractivity contribution is 5.46. The highest BCUT2D eigenvalue weighted by Crippen LogP contribution is 2.35. The van der Waals surface area contributed by atoms with Gasteiger partial charge in [0.1, 0.15) is 12.4 Å². The van der Waals surface area contributed by atoms with E-state index in [2.05, 4.69) is 6.58 Å².